The molecule has 0 aliphatic heterocycles. The first kappa shape index (κ1) is 15.4. The van der Waals surface area contributed by atoms with Crippen LogP contribution in [0, 0.1) is 0 Å². The second kappa shape index (κ2) is 6.76. The maximum atomic E-state index is 12.5. The molecule has 0 radical (unpaired) electrons. The first-order valence-electron chi connectivity index (χ1n) is 8.34. The average molecular weight is 333 g/mol. The Balaban J connectivity index is 1.60. The molecule has 0 unspecified atom stereocenters. The van der Waals surface area contributed by atoms with E-state index in [0.717, 1.165) is 18.4 Å². The molecule has 4 rings (SSSR count). The van der Waals surface area contributed by atoms with Gasteiger partial charge in [-0.15, -0.1) is 0 Å². The Morgan fingerprint density at radius 1 is 1.12 bits per heavy atom. The van der Waals surface area contributed by atoms with Crippen molar-refractivity contribution in [2.75, 3.05) is 5.32 Å². The number of aryl methyl sites for hydroxylation is 1. The number of hydrogen-bond donors (Lipinski definition) is 2. The molecule has 2 amide bonds. The van der Waals surface area contributed by atoms with Gasteiger partial charge in [0, 0.05) is 18.6 Å². The molecular formula is C19H19N5O. The summed E-state index contributed by atoms with van der Waals surface area (Å²) >= 11 is 0. The lowest BCUT2D eigenvalue weighted by molar-refractivity contribution is 0.239. The standard InChI is InChI=1S/C19H19N5O/c25-19(22-15-5-3-9-20-12-15)23-18-16-6-2-1-4-14(16)7-8-17(18)24-11-10-21-13-24/h1-6,9-13,17-18H,7-8H2,(H2,22,23,25)/t17-,18-/m0/s1. The van der Waals surface area contributed by atoms with Crippen molar-refractivity contribution in [2.24, 2.45) is 0 Å². The van der Waals surface area contributed by atoms with Crippen molar-refractivity contribution in [3.05, 3.63) is 78.6 Å². The molecule has 1 aliphatic rings. The van der Waals surface area contributed by atoms with Crippen LogP contribution in [0.2, 0.25) is 0 Å². The summed E-state index contributed by atoms with van der Waals surface area (Å²) < 4.78 is 2.07. The molecule has 1 aromatic carbocycles. The minimum Gasteiger partial charge on any atom is -0.332 e. The number of pyridine rings is 1. The van der Waals surface area contributed by atoms with E-state index in [1.54, 1.807) is 24.7 Å². The lowest BCUT2D eigenvalue weighted by Crippen LogP contribution is -2.39. The third-order valence-corrected chi connectivity index (χ3v) is 4.60. The van der Waals surface area contributed by atoms with Crippen LogP contribution >= 0.6 is 0 Å². The molecule has 6 nitrogen and oxygen atoms in total. The molecule has 126 valence electrons. The Morgan fingerprint density at radius 3 is 2.84 bits per heavy atom. The minimum atomic E-state index is -0.236. The summed E-state index contributed by atoms with van der Waals surface area (Å²) in [6.07, 6.45) is 10.8. The van der Waals surface area contributed by atoms with Crippen LogP contribution in [0.1, 0.15) is 29.6 Å². The molecule has 0 saturated carbocycles. The number of nitrogens with zero attached hydrogens (tertiary/aromatic N) is 3. The number of rotatable bonds is 3. The van der Waals surface area contributed by atoms with Gasteiger partial charge in [-0.3, -0.25) is 4.98 Å². The van der Waals surface area contributed by atoms with Crippen LogP contribution in [-0.4, -0.2) is 20.6 Å². The van der Waals surface area contributed by atoms with Gasteiger partial charge >= 0.3 is 6.03 Å². The molecule has 2 aromatic heterocycles. The topological polar surface area (TPSA) is 71.8 Å². The zero-order chi connectivity index (χ0) is 17.1. The third kappa shape index (κ3) is 3.24. The number of amides is 2. The summed E-state index contributed by atoms with van der Waals surface area (Å²) in [4.78, 5) is 20.7. The smallest absolute Gasteiger partial charge is 0.319 e. The summed E-state index contributed by atoms with van der Waals surface area (Å²) in [6.45, 7) is 0. The Hall–Kier alpha value is -3.15. The number of hydrogen-bond acceptors (Lipinski definition) is 3. The fourth-order valence-electron chi connectivity index (χ4n) is 3.45. The molecule has 0 spiro atoms. The number of carbonyl (C=O) groups is 1. The van der Waals surface area contributed by atoms with Crippen LogP contribution < -0.4 is 10.6 Å². The Kier molecular flexibility index (Phi) is 4.16. The predicted octanol–water partition coefficient (Wildman–Crippen LogP) is 3.33. The van der Waals surface area contributed by atoms with Crippen molar-refractivity contribution in [1.29, 1.82) is 0 Å². The maximum absolute atomic E-state index is 12.5. The number of benzene rings is 1. The number of anilines is 1. The number of fused-ring (bicyclic) bond motifs is 1. The Labute approximate surface area is 145 Å². The number of carbonyl (C=O) groups excluding carboxylic acids is 1. The first-order chi connectivity index (χ1) is 12.3. The van der Waals surface area contributed by atoms with Gasteiger partial charge in [-0.25, -0.2) is 9.78 Å². The first-order valence-corrected chi connectivity index (χ1v) is 8.34. The summed E-state index contributed by atoms with van der Waals surface area (Å²) in [5, 5.41) is 5.98. The summed E-state index contributed by atoms with van der Waals surface area (Å²) in [5.74, 6) is 0. The van der Waals surface area contributed by atoms with Crippen molar-refractivity contribution in [1.82, 2.24) is 19.9 Å². The van der Waals surface area contributed by atoms with Crippen LogP contribution in [0.3, 0.4) is 0 Å². The van der Waals surface area contributed by atoms with Crippen molar-refractivity contribution < 1.29 is 4.79 Å². The molecule has 1 aliphatic carbocycles. The van der Waals surface area contributed by atoms with Gasteiger partial charge in [0.25, 0.3) is 0 Å². The highest BCUT2D eigenvalue weighted by molar-refractivity contribution is 5.89. The van der Waals surface area contributed by atoms with E-state index < -0.39 is 0 Å². The van der Waals surface area contributed by atoms with E-state index in [0.29, 0.717) is 5.69 Å². The molecule has 6 heteroatoms. The zero-order valence-corrected chi connectivity index (χ0v) is 13.7. The molecule has 0 saturated heterocycles. The molecule has 0 bridgehead atoms. The monoisotopic (exact) mass is 333 g/mol. The number of nitrogens with one attached hydrogen (secondary N) is 2. The number of imidazole rings is 1. The highest BCUT2D eigenvalue weighted by Crippen LogP contribution is 2.37. The largest absolute Gasteiger partial charge is 0.332 e. The number of aromatic nitrogens is 3. The van der Waals surface area contributed by atoms with E-state index in [1.807, 2.05) is 30.7 Å². The van der Waals surface area contributed by atoms with Crippen molar-refractivity contribution >= 4 is 11.7 Å². The Bertz CT molecular complexity index is 847. The van der Waals surface area contributed by atoms with Crippen molar-refractivity contribution in [3.63, 3.8) is 0 Å². The molecular weight excluding hydrogens is 314 g/mol. The minimum absolute atomic E-state index is 0.115. The van der Waals surface area contributed by atoms with Gasteiger partial charge in [0.1, 0.15) is 0 Å². The van der Waals surface area contributed by atoms with Gasteiger partial charge in [-0.1, -0.05) is 24.3 Å². The van der Waals surface area contributed by atoms with E-state index in [1.165, 1.54) is 5.56 Å². The SMILES string of the molecule is O=C(Nc1cccnc1)N[C@H]1c2ccccc2CC[C@@H]1n1ccnc1. The average Bonchev–Trinajstić information content (AvgIpc) is 3.17. The fraction of sp³-hybridized carbons (Fsp3) is 0.211. The molecule has 2 heterocycles. The summed E-state index contributed by atoms with van der Waals surface area (Å²) in [5.41, 5.74) is 3.11. The van der Waals surface area contributed by atoms with Crippen molar-refractivity contribution in [2.45, 2.75) is 24.9 Å². The van der Waals surface area contributed by atoms with Gasteiger partial charge in [-0.05, 0) is 36.1 Å². The van der Waals surface area contributed by atoms with E-state index in [2.05, 4.69) is 37.3 Å². The molecule has 0 fully saturated rings. The molecule has 25 heavy (non-hydrogen) atoms. The lowest BCUT2D eigenvalue weighted by atomic mass is 9.84. The lowest BCUT2D eigenvalue weighted by Gasteiger charge is -2.35. The van der Waals surface area contributed by atoms with Crippen LogP contribution in [0.25, 0.3) is 0 Å². The van der Waals surface area contributed by atoms with Gasteiger partial charge < -0.3 is 15.2 Å². The van der Waals surface area contributed by atoms with E-state index in [-0.39, 0.29) is 18.1 Å². The molecule has 2 N–H and O–H groups in total. The normalized spacial score (nSPS) is 19.0. The third-order valence-electron chi connectivity index (χ3n) is 4.60. The highest BCUT2D eigenvalue weighted by Gasteiger charge is 2.31. The van der Waals surface area contributed by atoms with E-state index in [4.69, 9.17) is 0 Å². The zero-order valence-electron chi connectivity index (χ0n) is 13.7. The molecule has 2 atom stereocenters. The maximum Gasteiger partial charge on any atom is 0.319 e. The van der Waals surface area contributed by atoms with Crippen LogP contribution in [-0.2, 0) is 6.42 Å². The second-order valence-electron chi connectivity index (χ2n) is 6.13. The van der Waals surface area contributed by atoms with Crippen molar-refractivity contribution in [3.8, 4) is 0 Å². The second-order valence-corrected chi connectivity index (χ2v) is 6.13. The van der Waals surface area contributed by atoms with E-state index >= 15 is 0 Å². The van der Waals surface area contributed by atoms with E-state index in [9.17, 15) is 4.79 Å². The Morgan fingerprint density at radius 2 is 2.04 bits per heavy atom. The van der Waals surface area contributed by atoms with Gasteiger partial charge in [0.2, 0.25) is 0 Å². The van der Waals surface area contributed by atoms with Crippen LogP contribution in [0.15, 0.2) is 67.5 Å². The fourth-order valence-corrected chi connectivity index (χ4v) is 3.45. The van der Waals surface area contributed by atoms with Gasteiger partial charge in [0.15, 0.2) is 0 Å². The number of urea groups is 1. The van der Waals surface area contributed by atoms with Gasteiger partial charge in [0.05, 0.1) is 30.3 Å². The summed E-state index contributed by atoms with van der Waals surface area (Å²) in [7, 11) is 0. The van der Waals surface area contributed by atoms with Crippen LogP contribution in [0.5, 0.6) is 0 Å². The predicted molar refractivity (Wildman–Crippen MR) is 95.2 cm³/mol. The van der Waals surface area contributed by atoms with Crippen LogP contribution in [0.4, 0.5) is 10.5 Å². The highest BCUT2D eigenvalue weighted by atomic mass is 16.2. The van der Waals surface area contributed by atoms with Gasteiger partial charge in [-0.2, -0.15) is 0 Å². The summed E-state index contributed by atoms with van der Waals surface area (Å²) in [6, 6.07) is 11.7. The quantitative estimate of drug-likeness (QED) is 0.772. The molecule has 3 aromatic rings.